The normalized spacial score (nSPS) is 10.8. The molecule has 0 spiro atoms. The summed E-state index contributed by atoms with van der Waals surface area (Å²) in [4.78, 5) is 17.6. The molecule has 0 radical (unpaired) electrons. The second kappa shape index (κ2) is 4.94. The van der Waals surface area contributed by atoms with Crippen LogP contribution < -0.4 is 5.73 Å². The van der Waals surface area contributed by atoms with Gasteiger partial charge in [0.05, 0.1) is 12.3 Å². The molecule has 0 amide bonds. The van der Waals surface area contributed by atoms with Gasteiger partial charge in [0.15, 0.2) is 0 Å². The molecule has 0 bridgehead atoms. The first-order valence-electron chi connectivity index (χ1n) is 5.94. The zero-order chi connectivity index (χ0) is 13.3. The van der Waals surface area contributed by atoms with E-state index in [1.54, 1.807) is 6.92 Å². The fraction of sp³-hybridized carbons (Fsp3) is 0.385. The highest BCUT2D eigenvalue weighted by molar-refractivity contribution is 7.21. The molecule has 2 N–H and O–H groups in total. The summed E-state index contributed by atoms with van der Waals surface area (Å²) in [6, 6.07) is 2.00. The highest BCUT2D eigenvalue weighted by Crippen LogP contribution is 2.34. The first kappa shape index (κ1) is 12.8. The summed E-state index contributed by atoms with van der Waals surface area (Å²) in [5.74, 6) is -0.367. The molecule has 5 heteroatoms. The van der Waals surface area contributed by atoms with Crippen molar-refractivity contribution in [3.8, 4) is 0 Å². The Hall–Kier alpha value is -1.62. The van der Waals surface area contributed by atoms with Crippen LogP contribution in [0.25, 0.3) is 10.2 Å². The average Bonchev–Trinajstić information content (AvgIpc) is 2.66. The van der Waals surface area contributed by atoms with Gasteiger partial charge in [-0.15, -0.1) is 11.3 Å². The molecule has 2 aromatic rings. The van der Waals surface area contributed by atoms with Crippen molar-refractivity contribution in [1.29, 1.82) is 0 Å². The monoisotopic (exact) mass is 264 g/mol. The van der Waals surface area contributed by atoms with Crippen LogP contribution in [0, 0.1) is 6.92 Å². The van der Waals surface area contributed by atoms with E-state index in [1.165, 1.54) is 11.3 Å². The van der Waals surface area contributed by atoms with Crippen LogP contribution in [0.3, 0.4) is 0 Å². The Labute approximate surface area is 110 Å². The van der Waals surface area contributed by atoms with Crippen molar-refractivity contribution in [2.45, 2.75) is 27.2 Å². The standard InChI is InChI=1S/C13H16N2O2S/c1-4-9-7(3)6-8-10(14)11(13(16)17-5-2)18-12(8)15-9/h6H,4-5,14H2,1-3H3. The number of nitrogen functional groups attached to an aromatic ring is 1. The number of ether oxygens (including phenoxy) is 1. The molecule has 0 aliphatic carbocycles. The zero-order valence-electron chi connectivity index (χ0n) is 10.7. The lowest BCUT2D eigenvalue weighted by atomic mass is 10.1. The minimum Gasteiger partial charge on any atom is -0.462 e. The molecular weight excluding hydrogens is 248 g/mol. The van der Waals surface area contributed by atoms with Crippen LogP contribution in [0.15, 0.2) is 6.07 Å². The number of aryl methyl sites for hydroxylation is 2. The van der Waals surface area contributed by atoms with Crippen LogP contribution in [0.5, 0.6) is 0 Å². The minimum absolute atomic E-state index is 0.346. The second-order valence-electron chi connectivity index (χ2n) is 4.02. The lowest BCUT2D eigenvalue weighted by Crippen LogP contribution is -2.04. The molecule has 96 valence electrons. The molecular formula is C13H16N2O2S. The Bertz CT molecular complexity index is 605. The van der Waals surface area contributed by atoms with E-state index in [4.69, 9.17) is 10.5 Å². The fourth-order valence-electron chi connectivity index (χ4n) is 1.88. The van der Waals surface area contributed by atoms with Crippen LogP contribution in [-0.4, -0.2) is 17.6 Å². The van der Waals surface area contributed by atoms with E-state index in [9.17, 15) is 4.79 Å². The van der Waals surface area contributed by atoms with Crippen LogP contribution in [0.1, 0.15) is 34.8 Å². The molecule has 0 unspecified atom stereocenters. The number of anilines is 1. The van der Waals surface area contributed by atoms with E-state index in [1.807, 2.05) is 13.0 Å². The molecule has 2 heterocycles. The number of esters is 1. The summed E-state index contributed by atoms with van der Waals surface area (Å²) in [7, 11) is 0. The zero-order valence-corrected chi connectivity index (χ0v) is 11.6. The quantitative estimate of drug-likeness (QED) is 0.866. The van der Waals surface area contributed by atoms with E-state index in [0.29, 0.717) is 17.2 Å². The molecule has 0 aromatic carbocycles. The second-order valence-corrected chi connectivity index (χ2v) is 5.02. The maximum atomic E-state index is 11.8. The number of fused-ring (bicyclic) bond motifs is 1. The first-order valence-corrected chi connectivity index (χ1v) is 6.75. The van der Waals surface area contributed by atoms with Crippen molar-refractivity contribution in [2.75, 3.05) is 12.3 Å². The lowest BCUT2D eigenvalue weighted by Gasteiger charge is -2.02. The fourth-order valence-corrected chi connectivity index (χ4v) is 2.87. The molecule has 0 saturated carbocycles. The average molecular weight is 264 g/mol. The first-order chi connectivity index (χ1) is 8.58. The van der Waals surface area contributed by atoms with E-state index < -0.39 is 0 Å². The molecule has 4 nitrogen and oxygen atoms in total. The van der Waals surface area contributed by atoms with E-state index >= 15 is 0 Å². The molecule has 0 aliphatic heterocycles. The summed E-state index contributed by atoms with van der Waals surface area (Å²) >= 11 is 1.30. The lowest BCUT2D eigenvalue weighted by molar-refractivity contribution is 0.0533. The minimum atomic E-state index is -0.367. The van der Waals surface area contributed by atoms with Crippen molar-refractivity contribution < 1.29 is 9.53 Å². The van der Waals surface area contributed by atoms with Gasteiger partial charge in [0.25, 0.3) is 0 Å². The smallest absolute Gasteiger partial charge is 0.350 e. The van der Waals surface area contributed by atoms with Crippen molar-refractivity contribution in [2.24, 2.45) is 0 Å². The summed E-state index contributed by atoms with van der Waals surface area (Å²) < 4.78 is 4.99. The maximum Gasteiger partial charge on any atom is 0.350 e. The summed E-state index contributed by atoms with van der Waals surface area (Å²) in [5.41, 5.74) is 8.62. The molecule has 2 rings (SSSR count). The number of nitrogens with zero attached hydrogens (tertiary/aromatic N) is 1. The summed E-state index contributed by atoms with van der Waals surface area (Å²) in [6.45, 7) is 6.19. The third-order valence-corrected chi connectivity index (χ3v) is 3.91. The molecule has 0 atom stereocenters. The molecule has 0 fully saturated rings. The van der Waals surface area contributed by atoms with Gasteiger partial charge in [-0.2, -0.15) is 0 Å². The molecule has 18 heavy (non-hydrogen) atoms. The molecule has 0 saturated heterocycles. The predicted octanol–water partition coefficient (Wildman–Crippen LogP) is 2.93. The third kappa shape index (κ3) is 2.06. The Morgan fingerprint density at radius 3 is 2.83 bits per heavy atom. The van der Waals surface area contributed by atoms with Crippen LogP contribution in [-0.2, 0) is 11.2 Å². The van der Waals surface area contributed by atoms with Gasteiger partial charge >= 0.3 is 5.97 Å². The van der Waals surface area contributed by atoms with Crippen LogP contribution in [0.2, 0.25) is 0 Å². The Balaban J connectivity index is 2.59. The van der Waals surface area contributed by atoms with Gasteiger partial charge in [-0.25, -0.2) is 9.78 Å². The van der Waals surface area contributed by atoms with Crippen LogP contribution >= 0.6 is 11.3 Å². The Kier molecular flexibility index (Phi) is 3.52. The predicted molar refractivity (Wildman–Crippen MR) is 74.1 cm³/mol. The molecule has 2 aromatic heterocycles. The topological polar surface area (TPSA) is 65.2 Å². The van der Waals surface area contributed by atoms with Crippen molar-refractivity contribution in [3.63, 3.8) is 0 Å². The van der Waals surface area contributed by atoms with E-state index in [2.05, 4.69) is 11.9 Å². The van der Waals surface area contributed by atoms with E-state index in [-0.39, 0.29) is 5.97 Å². The van der Waals surface area contributed by atoms with Crippen molar-refractivity contribution in [1.82, 2.24) is 4.98 Å². The van der Waals surface area contributed by atoms with Crippen molar-refractivity contribution >= 4 is 33.2 Å². The van der Waals surface area contributed by atoms with Gasteiger partial charge in [0.1, 0.15) is 9.71 Å². The number of hydrogen-bond acceptors (Lipinski definition) is 5. The van der Waals surface area contributed by atoms with Gasteiger partial charge in [0.2, 0.25) is 0 Å². The number of nitrogens with two attached hydrogens (primary N) is 1. The van der Waals surface area contributed by atoms with E-state index in [0.717, 1.165) is 27.9 Å². The number of thiophene rings is 1. The number of carbonyl (C=O) groups is 1. The van der Waals surface area contributed by atoms with Gasteiger partial charge < -0.3 is 10.5 Å². The van der Waals surface area contributed by atoms with Gasteiger partial charge in [-0.1, -0.05) is 6.92 Å². The Morgan fingerprint density at radius 2 is 2.22 bits per heavy atom. The summed E-state index contributed by atoms with van der Waals surface area (Å²) in [5, 5.41) is 0.845. The number of rotatable bonds is 3. The number of hydrogen-bond donors (Lipinski definition) is 1. The molecule has 0 aliphatic rings. The Morgan fingerprint density at radius 1 is 1.50 bits per heavy atom. The summed E-state index contributed by atoms with van der Waals surface area (Å²) in [6.07, 6.45) is 0.869. The highest BCUT2D eigenvalue weighted by atomic mass is 32.1. The van der Waals surface area contributed by atoms with Gasteiger partial charge in [-0.05, 0) is 31.9 Å². The number of aromatic nitrogens is 1. The number of pyridine rings is 1. The number of carbonyl (C=O) groups excluding carboxylic acids is 1. The van der Waals surface area contributed by atoms with Gasteiger partial charge in [0, 0.05) is 11.1 Å². The highest BCUT2D eigenvalue weighted by Gasteiger charge is 2.18. The van der Waals surface area contributed by atoms with Crippen molar-refractivity contribution in [3.05, 3.63) is 22.2 Å². The van der Waals surface area contributed by atoms with Gasteiger partial charge in [-0.3, -0.25) is 0 Å². The largest absolute Gasteiger partial charge is 0.462 e. The maximum absolute atomic E-state index is 11.8. The third-order valence-electron chi connectivity index (χ3n) is 2.81. The SMILES string of the molecule is CCOC(=O)c1sc2nc(CC)c(C)cc2c1N. The van der Waals surface area contributed by atoms with Crippen LogP contribution in [0.4, 0.5) is 5.69 Å².